The van der Waals surface area contributed by atoms with Gasteiger partial charge in [-0.3, -0.25) is 10.1 Å². The Hall–Kier alpha value is -0.570. The maximum atomic E-state index is 13.5. The molecular weight excluding hydrogens is 356 g/mol. The summed E-state index contributed by atoms with van der Waals surface area (Å²) in [6, 6.07) is 0. The van der Waals surface area contributed by atoms with Crippen LogP contribution in [0, 0.1) is 5.92 Å². The Morgan fingerprint density at radius 1 is 0.828 bits per heavy atom. The average molecular weight is 405 g/mol. The van der Waals surface area contributed by atoms with E-state index in [1.807, 2.05) is 0 Å². The maximum Gasteiger partial charge on any atom is 0.224 e. The number of nitrogens with zero attached hydrogens (tertiary/aromatic N) is 1. The lowest BCUT2D eigenvalue weighted by Gasteiger charge is -2.61. The van der Waals surface area contributed by atoms with Crippen molar-refractivity contribution in [3.8, 4) is 0 Å². The van der Waals surface area contributed by atoms with Crippen molar-refractivity contribution in [1.29, 1.82) is 0 Å². The number of unbranched alkanes of at least 4 members (excludes halogenated alkanes) is 5. The Morgan fingerprint density at radius 2 is 1.45 bits per heavy atom. The fourth-order valence-corrected chi connectivity index (χ4v) is 6.62. The van der Waals surface area contributed by atoms with Crippen LogP contribution in [0.5, 0.6) is 0 Å². The van der Waals surface area contributed by atoms with E-state index in [9.17, 15) is 4.79 Å². The van der Waals surface area contributed by atoms with Gasteiger partial charge < -0.3 is 4.90 Å². The summed E-state index contributed by atoms with van der Waals surface area (Å²) in [6.07, 6.45) is 23.9. The molecule has 0 radical (unpaired) electrons. The highest BCUT2D eigenvalue weighted by atomic mass is 16.2. The van der Waals surface area contributed by atoms with Gasteiger partial charge in [0, 0.05) is 18.5 Å². The standard InChI is InChI=1S/C26H48N2O/c1-3-5-7-8-11-17-24(29)28-22-23(16-6-4-2)25(18-12-9-13-19-25)27-26(28)20-14-10-15-21-26/h23,27H,3-22H2,1-2H3. The van der Waals surface area contributed by atoms with E-state index in [4.69, 9.17) is 0 Å². The van der Waals surface area contributed by atoms with E-state index in [1.54, 1.807) is 0 Å². The number of amides is 1. The largest absolute Gasteiger partial charge is 0.324 e. The predicted molar refractivity (Wildman–Crippen MR) is 123 cm³/mol. The first-order chi connectivity index (χ1) is 14.2. The van der Waals surface area contributed by atoms with Crippen molar-refractivity contribution in [2.75, 3.05) is 6.54 Å². The van der Waals surface area contributed by atoms with Crippen molar-refractivity contribution in [2.24, 2.45) is 5.92 Å². The van der Waals surface area contributed by atoms with Crippen molar-refractivity contribution < 1.29 is 4.79 Å². The lowest BCUT2D eigenvalue weighted by molar-refractivity contribution is -0.155. The zero-order chi connectivity index (χ0) is 20.6. The minimum absolute atomic E-state index is 0.0290. The zero-order valence-electron chi connectivity index (χ0n) is 19.6. The van der Waals surface area contributed by atoms with E-state index in [0.717, 1.165) is 19.4 Å². The molecule has 0 bridgehead atoms. The molecule has 2 aliphatic carbocycles. The molecule has 2 saturated carbocycles. The number of carbonyl (C=O) groups excluding carboxylic acids is 1. The van der Waals surface area contributed by atoms with E-state index >= 15 is 0 Å². The first-order valence-corrected chi connectivity index (χ1v) is 13.3. The fourth-order valence-electron chi connectivity index (χ4n) is 6.62. The number of nitrogens with one attached hydrogen (secondary N) is 1. The summed E-state index contributed by atoms with van der Waals surface area (Å²) in [7, 11) is 0. The van der Waals surface area contributed by atoms with Gasteiger partial charge in [0.25, 0.3) is 0 Å². The molecule has 0 aromatic heterocycles. The molecule has 1 atom stereocenters. The van der Waals surface area contributed by atoms with Crippen LogP contribution >= 0.6 is 0 Å². The lowest BCUT2D eigenvalue weighted by Crippen LogP contribution is -2.76. The second-order valence-electron chi connectivity index (χ2n) is 10.4. The molecule has 0 aromatic carbocycles. The second kappa shape index (κ2) is 11.2. The van der Waals surface area contributed by atoms with Gasteiger partial charge in [0.05, 0.1) is 5.66 Å². The molecular formula is C26H48N2O. The maximum absolute atomic E-state index is 13.5. The highest BCUT2D eigenvalue weighted by Gasteiger charge is 2.54. The Bertz CT molecular complexity index is 491. The van der Waals surface area contributed by atoms with Crippen LogP contribution in [-0.2, 0) is 4.79 Å². The van der Waals surface area contributed by atoms with Gasteiger partial charge >= 0.3 is 0 Å². The van der Waals surface area contributed by atoms with Gasteiger partial charge in [-0.25, -0.2) is 0 Å². The SMILES string of the molecule is CCCCCCCC(=O)N1CC(CCCC)C2(CCCCC2)NC12CCCCC2. The summed E-state index contributed by atoms with van der Waals surface area (Å²) in [4.78, 5) is 15.9. The van der Waals surface area contributed by atoms with Crippen LogP contribution in [0.4, 0.5) is 0 Å². The van der Waals surface area contributed by atoms with Gasteiger partial charge in [0.2, 0.25) is 5.91 Å². The normalized spacial score (nSPS) is 26.1. The van der Waals surface area contributed by atoms with Gasteiger partial charge in [-0.1, -0.05) is 78.1 Å². The van der Waals surface area contributed by atoms with Crippen LogP contribution in [-0.4, -0.2) is 28.6 Å². The van der Waals surface area contributed by atoms with Crippen LogP contribution in [0.25, 0.3) is 0 Å². The van der Waals surface area contributed by atoms with Gasteiger partial charge in [-0.05, 0) is 57.3 Å². The smallest absolute Gasteiger partial charge is 0.224 e. The molecule has 1 amide bonds. The van der Waals surface area contributed by atoms with E-state index in [0.29, 0.717) is 17.4 Å². The molecule has 1 heterocycles. The molecule has 3 heteroatoms. The monoisotopic (exact) mass is 404 g/mol. The molecule has 3 fully saturated rings. The third kappa shape index (κ3) is 5.57. The summed E-state index contributed by atoms with van der Waals surface area (Å²) in [5.41, 5.74) is 0.279. The molecule has 3 rings (SSSR count). The number of carbonyl (C=O) groups is 1. The van der Waals surface area contributed by atoms with Gasteiger partial charge in [0.15, 0.2) is 0 Å². The topological polar surface area (TPSA) is 32.3 Å². The average Bonchev–Trinajstić information content (AvgIpc) is 2.74. The van der Waals surface area contributed by atoms with Gasteiger partial charge in [-0.15, -0.1) is 0 Å². The second-order valence-corrected chi connectivity index (χ2v) is 10.4. The molecule has 2 spiro atoms. The molecule has 1 unspecified atom stereocenters. The van der Waals surface area contributed by atoms with Crippen LogP contribution in [0.2, 0.25) is 0 Å². The zero-order valence-corrected chi connectivity index (χ0v) is 19.6. The minimum Gasteiger partial charge on any atom is -0.324 e. The third-order valence-corrected chi connectivity index (χ3v) is 8.31. The molecule has 0 aromatic rings. The van der Waals surface area contributed by atoms with E-state index in [2.05, 4.69) is 24.1 Å². The molecule has 3 nitrogen and oxygen atoms in total. The van der Waals surface area contributed by atoms with E-state index in [1.165, 1.54) is 109 Å². The summed E-state index contributed by atoms with van der Waals surface area (Å²) in [5, 5.41) is 4.29. The summed E-state index contributed by atoms with van der Waals surface area (Å²) < 4.78 is 0. The number of hydrogen-bond acceptors (Lipinski definition) is 2. The Balaban J connectivity index is 1.74. The Kier molecular flexibility index (Phi) is 8.89. The molecule has 1 saturated heterocycles. The van der Waals surface area contributed by atoms with Gasteiger partial charge in [0.1, 0.15) is 0 Å². The molecule has 168 valence electrons. The van der Waals surface area contributed by atoms with E-state index < -0.39 is 0 Å². The van der Waals surface area contributed by atoms with Crippen molar-refractivity contribution in [1.82, 2.24) is 10.2 Å². The quantitative estimate of drug-likeness (QED) is 0.422. The molecule has 1 N–H and O–H groups in total. The summed E-state index contributed by atoms with van der Waals surface area (Å²) in [5.74, 6) is 1.10. The fraction of sp³-hybridized carbons (Fsp3) is 0.962. The Labute approximate surface area is 180 Å². The molecule has 3 aliphatic rings. The van der Waals surface area contributed by atoms with Crippen molar-refractivity contribution in [3.05, 3.63) is 0 Å². The minimum atomic E-state index is -0.0290. The highest BCUT2D eigenvalue weighted by Crippen LogP contribution is 2.46. The highest BCUT2D eigenvalue weighted by molar-refractivity contribution is 5.77. The Morgan fingerprint density at radius 3 is 2.10 bits per heavy atom. The van der Waals surface area contributed by atoms with Crippen molar-refractivity contribution >= 4 is 5.91 Å². The van der Waals surface area contributed by atoms with E-state index in [-0.39, 0.29) is 5.66 Å². The molecule has 1 aliphatic heterocycles. The van der Waals surface area contributed by atoms with Crippen molar-refractivity contribution in [2.45, 2.75) is 147 Å². The number of hydrogen-bond donors (Lipinski definition) is 1. The van der Waals surface area contributed by atoms with Crippen LogP contribution in [0.1, 0.15) is 136 Å². The van der Waals surface area contributed by atoms with Crippen LogP contribution < -0.4 is 5.32 Å². The lowest BCUT2D eigenvalue weighted by atomic mass is 9.66. The van der Waals surface area contributed by atoms with Gasteiger partial charge in [-0.2, -0.15) is 0 Å². The summed E-state index contributed by atoms with van der Waals surface area (Å²) >= 11 is 0. The molecule has 29 heavy (non-hydrogen) atoms. The first-order valence-electron chi connectivity index (χ1n) is 13.3. The first kappa shape index (κ1) is 23.1. The van der Waals surface area contributed by atoms with Crippen molar-refractivity contribution in [3.63, 3.8) is 0 Å². The predicted octanol–water partition coefficient (Wildman–Crippen LogP) is 6.95. The van der Waals surface area contributed by atoms with Crippen LogP contribution in [0.3, 0.4) is 0 Å². The third-order valence-electron chi connectivity index (χ3n) is 8.31. The van der Waals surface area contributed by atoms with Crippen LogP contribution in [0.15, 0.2) is 0 Å². The number of rotatable bonds is 9. The summed E-state index contributed by atoms with van der Waals surface area (Å²) in [6.45, 7) is 5.60.